The van der Waals surface area contributed by atoms with Crippen molar-refractivity contribution in [2.75, 3.05) is 7.05 Å². The van der Waals surface area contributed by atoms with Gasteiger partial charge in [-0.2, -0.15) is 0 Å². The number of rotatable bonds is 4. The molecule has 1 aromatic carbocycles. The lowest BCUT2D eigenvalue weighted by molar-refractivity contribution is 0.486. The number of aryl methyl sites for hydroxylation is 1. The van der Waals surface area contributed by atoms with Crippen molar-refractivity contribution >= 4 is 32.9 Å². The lowest BCUT2D eigenvalue weighted by Gasteiger charge is -2.16. The number of nitrogens with two attached hydrogens (primary N) is 1. The van der Waals surface area contributed by atoms with Crippen molar-refractivity contribution < 1.29 is 0 Å². The molecule has 0 spiro atoms. The Hall–Kier alpha value is -1.56. The molecule has 1 aromatic heterocycles. The topological polar surface area (TPSA) is 59.4 Å². The first-order valence-corrected chi connectivity index (χ1v) is 8.07. The van der Waals surface area contributed by atoms with Crippen molar-refractivity contribution in [1.29, 1.82) is 0 Å². The van der Waals surface area contributed by atoms with Gasteiger partial charge in [-0.3, -0.25) is 0 Å². The number of aliphatic imine (C=N–C) groups is 1. The van der Waals surface area contributed by atoms with Crippen molar-refractivity contribution in [2.24, 2.45) is 10.7 Å². The van der Waals surface area contributed by atoms with Gasteiger partial charge in [0.05, 0.1) is 11.0 Å². The van der Waals surface area contributed by atoms with Crippen LogP contribution >= 0.6 is 15.9 Å². The molecule has 0 radical (unpaired) electrons. The number of hydrogen-bond acceptors (Lipinski definition) is 2. The summed E-state index contributed by atoms with van der Waals surface area (Å²) in [6, 6.07) is 6.74. The maximum absolute atomic E-state index is 6.05. The van der Waals surface area contributed by atoms with Gasteiger partial charge < -0.3 is 15.2 Å². The Balaban J connectivity index is 1.87. The first kappa shape index (κ1) is 14.4. The number of hydrogen-bond donors (Lipinski definition) is 1. The average Bonchev–Trinajstić information content (AvgIpc) is 3.25. The molecule has 0 bridgehead atoms. The van der Waals surface area contributed by atoms with Crippen LogP contribution in [0, 0.1) is 0 Å². The van der Waals surface area contributed by atoms with E-state index in [0.29, 0.717) is 18.5 Å². The van der Waals surface area contributed by atoms with Crippen LogP contribution in [0.25, 0.3) is 11.0 Å². The summed E-state index contributed by atoms with van der Waals surface area (Å²) >= 11 is 3.49. The summed E-state index contributed by atoms with van der Waals surface area (Å²) < 4.78 is 3.23. The highest BCUT2D eigenvalue weighted by Crippen LogP contribution is 2.25. The molecule has 1 aliphatic rings. The molecule has 1 saturated carbocycles. The number of benzene rings is 1. The van der Waals surface area contributed by atoms with E-state index in [1.165, 1.54) is 12.8 Å². The molecule has 0 atom stereocenters. The maximum atomic E-state index is 6.05. The standard InChI is InChI=1S/C15H20BrN5/c1-3-21-13-7-4-10(16)8-12(13)19-14(21)9-18-15(17)20(2)11-5-6-11/h4,7-8,11H,3,5-6,9H2,1-2H3,(H2,17,18). The van der Waals surface area contributed by atoms with E-state index in [9.17, 15) is 0 Å². The summed E-state index contributed by atoms with van der Waals surface area (Å²) in [4.78, 5) is 11.3. The van der Waals surface area contributed by atoms with E-state index in [1.807, 2.05) is 19.2 Å². The van der Waals surface area contributed by atoms with Gasteiger partial charge >= 0.3 is 0 Å². The van der Waals surface area contributed by atoms with E-state index in [1.54, 1.807) is 0 Å². The Morgan fingerprint density at radius 3 is 2.95 bits per heavy atom. The predicted molar refractivity (Wildman–Crippen MR) is 89.2 cm³/mol. The molecule has 1 aliphatic carbocycles. The van der Waals surface area contributed by atoms with E-state index < -0.39 is 0 Å². The quantitative estimate of drug-likeness (QED) is 0.681. The van der Waals surface area contributed by atoms with E-state index in [0.717, 1.165) is 27.9 Å². The summed E-state index contributed by atoms with van der Waals surface area (Å²) in [5.41, 5.74) is 8.18. The number of fused-ring (bicyclic) bond motifs is 1. The largest absolute Gasteiger partial charge is 0.370 e. The number of nitrogens with zero attached hydrogens (tertiary/aromatic N) is 4. The third-order valence-corrected chi connectivity index (χ3v) is 4.44. The zero-order valence-electron chi connectivity index (χ0n) is 12.4. The van der Waals surface area contributed by atoms with Gasteiger partial charge in [0.2, 0.25) is 0 Å². The van der Waals surface area contributed by atoms with Gasteiger partial charge in [0.1, 0.15) is 12.4 Å². The Morgan fingerprint density at radius 1 is 1.52 bits per heavy atom. The van der Waals surface area contributed by atoms with Crippen molar-refractivity contribution in [1.82, 2.24) is 14.5 Å². The Morgan fingerprint density at radius 2 is 2.29 bits per heavy atom. The SMILES string of the molecule is CCn1c(CN=C(N)N(C)C2CC2)nc2cc(Br)ccc21. The number of guanidine groups is 1. The monoisotopic (exact) mass is 349 g/mol. The van der Waals surface area contributed by atoms with Crippen LogP contribution in [0.15, 0.2) is 27.7 Å². The van der Waals surface area contributed by atoms with Crippen LogP contribution < -0.4 is 5.73 Å². The molecule has 21 heavy (non-hydrogen) atoms. The summed E-state index contributed by atoms with van der Waals surface area (Å²) in [6.07, 6.45) is 2.43. The molecule has 2 aromatic rings. The van der Waals surface area contributed by atoms with E-state index in [2.05, 4.69) is 48.4 Å². The zero-order chi connectivity index (χ0) is 15.0. The molecule has 112 valence electrons. The molecule has 3 rings (SSSR count). The molecule has 1 heterocycles. The van der Waals surface area contributed by atoms with Crippen molar-refractivity contribution in [3.63, 3.8) is 0 Å². The van der Waals surface area contributed by atoms with Gasteiger partial charge in [-0.05, 0) is 38.0 Å². The second-order valence-corrected chi connectivity index (χ2v) is 6.34. The summed E-state index contributed by atoms with van der Waals surface area (Å²) in [5.74, 6) is 1.56. The molecule has 0 unspecified atom stereocenters. The number of aromatic nitrogens is 2. The van der Waals surface area contributed by atoms with Gasteiger partial charge in [0.25, 0.3) is 0 Å². The first-order chi connectivity index (χ1) is 10.1. The zero-order valence-corrected chi connectivity index (χ0v) is 14.0. The highest BCUT2D eigenvalue weighted by Gasteiger charge is 2.27. The maximum Gasteiger partial charge on any atom is 0.191 e. The van der Waals surface area contributed by atoms with Crippen LogP contribution in [0.5, 0.6) is 0 Å². The Bertz CT molecular complexity index is 687. The summed E-state index contributed by atoms with van der Waals surface area (Å²) in [6.45, 7) is 3.51. The van der Waals surface area contributed by atoms with Gasteiger partial charge in [-0.1, -0.05) is 15.9 Å². The molecule has 6 heteroatoms. The second kappa shape index (κ2) is 5.67. The van der Waals surface area contributed by atoms with Crippen LogP contribution in [-0.2, 0) is 13.1 Å². The molecular formula is C15H20BrN5. The summed E-state index contributed by atoms with van der Waals surface area (Å²) in [5, 5.41) is 0. The normalized spacial score (nSPS) is 15.7. The van der Waals surface area contributed by atoms with E-state index >= 15 is 0 Å². The minimum absolute atomic E-state index is 0.517. The molecular weight excluding hydrogens is 330 g/mol. The van der Waals surface area contributed by atoms with Crippen molar-refractivity contribution in [2.45, 2.75) is 38.9 Å². The Labute approximate surface area is 133 Å². The molecule has 0 aliphatic heterocycles. The van der Waals surface area contributed by atoms with Gasteiger partial charge in [-0.25, -0.2) is 9.98 Å². The fraction of sp³-hybridized carbons (Fsp3) is 0.467. The fourth-order valence-corrected chi connectivity index (χ4v) is 2.89. The van der Waals surface area contributed by atoms with E-state index in [4.69, 9.17) is 5.73 Å². The summed E-state index contributed by atoms with van der Waals surface area (Å²) in [7, 11) is 2.01. The third kappa shape index (κ3) is 2.90. The third-order valence-electron chi connectivity index (χ3n) is 3.94. The first-order valence-electron chi connectivity index (χ1n) is 7.27. The molecule has 2 N–H and O–H groups in total. The minimum atomic E-state index is 0.517. The van der Waals surface area contributed by atoms with Crippen LogP contribution in [0.2, 0.25) is 0 Å². The van der Waals surface area contributed by atoms with Gasteiger partial charge in [-0.15, -0.1) is 0 Å². The second-order valence-electron chi connectivity index (χ2n) is 5.42. The predicted octanol–water partition coefficient (Wildman–Crippen LogP) is 2.73. The Kier molecular flexibility index (Phi) is 3.89. The van der Waals surface area contributed by atoms with Gasteiger partial charge in [0.15, 0.2) is 5.96 Å². The molecule has 5 nitrogen and oxygen atoms in total. The molecule has 0 saturated heterocycles. The van der Waals surface area contributed by atoms with Crippen LogP contribution in [0.1, 0.15) is 25.6 Å². The highest BCUT2D eigenvalue weighted by molar-refractivity contribution is 9.10. The van der Waals surface area contributed by atoms with Crippen molar-refractivity contribution in [3.8, 4) is 0 Å². The number of imidazole rings is 1. The fourth-order valence-electron chi connectivity index (χ4n) is 2.54. The van der Waals surface area contributed by atoms with Crippen LogP contribution in [0.4, 0.5) is 0 Å². The van der Waals surface area contributed by atoms with Gasteiger partial charge in [0, 0.05) is 24.1 Å². The molecule has 1 fully saturated rings. The van der Waals surface area contributed by atoms with Crippen LogP contribution in [-0.4, -0.2) is 33.5 Å². The van der Waals surface area contributed by atoms with Crippen LogP contribution in [0.3, 0.4) is 0 Å². The lowest BCUT2D eigenvalue weighted by Crippen LogP contribution is -2.35. The van der Waals surface area contributed by atoms with Crippen molar-refractivity contribution in [3.05, 3.63) is 28.5 Å². The highest BCUT2D eigenvalue weighted by atomic mass is 79.9. The van der Waals surface area contributed by atoms with E-state index in [-0.39, 0.29) is 0 Å². The smallest absolute Gasteiger partial charge is 0.191 e. The average molecular weight is 350 g/mol. The minimum Gasteiger partial charge on any atom is -0.370 e. The number of halogens is 1. The molecule has 0 amide bonds. The lowest BCUT2D eigenvalue weighted by atomic mass is 10.3.